The van der Waals surface area contributed by atoms with Crippen LogP contribution in [0.25, 0.3) is 0 Å². The molecule has 122 valence electrons. The number of nitrogens with zero attached hydrogens (tertiary/aromatic N) is 1. The first-order valence-corrected chi connectivity index (χ1v) is 8.58. The Morgan fingerprint density at radius 2 is 1.95 bits per heavy atom. The van der Waals surface area contributed by atoms with Gasteiger partial charge in [-0.2, -0.15) is 0 Å². The van der Waals surface area contributed by atoms with E-state index in [9.17, 15) is 4.79 Å². The number of aryl methyl sites for hydroxylation is 2. The Balaban J connectivity index is 1.87. The van der Waals surface area contributed by atoms with E-state index in [0.717, 1.165) is 29.3 Å². The summed E-state index contributed by atoms with van der Waals surface area (Å²) in [5, 5.41) is 3.57. The molecule has 1 aliphatic carbocycles. The molecular weight excluding hydrogens is 296 g/mol. The lowest BCUT2D eigenvalue weighted by molar-refractivity contribution is -0.117. The Kier molecular flexibility index (Phi) is 6.27. The van der Waals surface area contributed by atoms with Crippen molar-refractivity contribution in [1.29, 1.82) is 0 Å². The van der Waals surface area contributed by atoms with Crippen molar-refractivity contribution in [1.82, 2.24) is 4.90 Å². The van der Waals surface area contributed by atoms with Crippen molar-refractivity contribution in [3.8, 4) is 0 Å². The molecule has 1 saturated carbocycles. The first-order valence-electron chi connectivity index (χ1n) is 8.21. The highest BCUT2D eigenvalue weighted by atomic mass is 35.5. The van der Waals surface area contributed by atoms with Gasteiger partial charge >= 0.3 is 0 Å². The molecule has 0 saturated heterocycles. The maximum absolute atomic E-state index is 12.2. The third-order valence-corrected chi connectivity index (χ3v) is 4.70. The lowest BCUT2D eigenvalue weighted by Gasteiger charge is -2.26. The number of amides is 1. The van der Waals surface area contributed by atoms with Crippen LogP contribution in [0.2, 0.25) is 5.02 Å². The molecule has 4 heteroatoms. The van der Waals surface area contributed by atoms with Gasteiger partial charge in [-0.05, 0) is 56.8 Å². The molecular formula is C18H27ClN2O. The van der Waals surface area contributed by atoms with Crippen molar-refractivity contribution in [2.24, 2.45) is 5.92 Å². The van der Waals surface area contributed by atoms with E-state index in [0.29, 0.717) is 11.6 Å². The van der Waals surface area contributed by atoms with E-state index in [-0.39, 0.29) is 5.91 Å². The van der Waals surface area contributed by atoms with E-state index < -0.39 is 0 Å². The van der Waals surface area contributed by atoms with Gasteiger partial charge in [0.1, 0.15) is 0 Å². The second-order valence-corrected chi connectivity index (χ2v) is 7.09. The predicted octanol–water partition coefficient (Wildman–Crippen LogP) is 4.41. The lowest BCUT2D eigenvalue weighted by atomic mass is 9.89. The summed E-state index contributed by atoms with van der Waals surface area (Å²) >= 11 is 6.24. The number of halogens is 1. The number of rotatable bonds is 5. The van der Waals surface area contributed by atoms with Gasteiger partial charge in [-0.3, -0.25) is 9.69 Å². The van der Waals surface area contributed by atoms with Gasteiger partial charge in [0.05, 0.1) is 17.3 Å². The van der Waals surface area contributed by atoms with Gasteiger partial charge in [0.15, 0.2) is 0 Å². The van der Waals surface area contributed by atoms with Crippen LogP contribution in [0.5, 0.6) is 0 Å². The monoisotopic (exact) mass is 322 g/mol. The van der Waals surface area contributed by atoms with Gasteiger partial charge in [0.25, 0.3) is 0 Å². The quantitative estimate of drug-likeness (QED) is 0.871. The first kappa shape index (κ1) is 17.3. The molecule has 1 N–H and O–H groups in total. The molecule has 1 amide bonds. The molecule has 1 fully saturated rings. The van der Waals surface area contributed by atoms with Gasteiger partial charge in [0, 0.05) is 6.54 Å². The van der Waals surface area contributed by atoms with E-state index in [4.69, 9.17) is 11.6 Å². The topological polar surface area (TPSA) is 32.3 Å². The summed E-state index contributed by atoms with van der Waals surface area (Å²) in [6.45, 7) is 5.40. The molecule has 0 aromatic heterocycles. The normalized spacial score (nSPS) is 16.0. The molecule has 0 unspecified atom stereocenters. The number of nitrogens with one attached hydrogen (secondary N) is 1. The summed E-state index contributed by atoms with van der Waals surface area (Å²) in [5.74, 6) is 0.753. The second kappa shape index (κ2) is 7.98. The average Bonchev–Trinajstić information content (AvgIpc) is 2.43. The molecule has 0 heterocycles. The zero-order valence-corrected chi connectivity index (χ0v) is 14.7. The first-order chi connectivity index (χ1) is 10.5. The summed E-state index contributed by atoms with van der Waals surface area (Å²) in [5.41, 5.74) is 2.85. The van der Waals surface area contributed by atoms with Crippen molar-refractivity contribution in [2.45, 2.75) is 46.0 Å². The molecule has 0 radical (unpaired) electrons. The number of carbonyl (C=O) groups is 1. The summed E-state index contributed by atoms with van der Waals surface area (Å²) in [4.78, 5) is 14.4. The maximum Gasteiger partial charge on any atom is 0.238 e. The fourth-order valence-electron chi connectivity index (χ4n) is 3.37. The molecule has 1 aromatic rings. The van der Waals surface area contributed by atoms with E-state index in [1.807, 2.05) is 33.0 Å². The molecule has 2 rings (SSSR count). The van der Waals surface area contributed by atoms with Crippen LogP contribution in [0.4, 0.5) is 5.69 Å². The fraction of sp³-hybridized carbons (Fsp3) is 0.611. The van der Waals surface area contributed by atoms with Crippen LogP contribution in [0.1, 0.15) is 43.2 Å². The third kappa shape index (κ3) is 4.99. The Morgan fingerprint density at radius 3 is 2.59 bits per heavy atom. The highest BCUT2D eigenvalue weighted by Crippen LogP contribution is 2.27. The smallest absolute Gasteiger partial charge is 0.238 e. The summed E-state index contributed by atoms with van der Waals surface area (Å²) in [6.07, 6.45) is 6.64. The minimum atomic E-state index is 0.00663. The number of carbonyl (C=O) groups excluding carboxylic acids is 1. The number of hydrogen-bond donors (Lipinski definition) is 1. The highest BCUT2D eigenvalue weighted by Gasteiger charge is 2.17. The van der Waals surface area contributed by atoms with Crippen molar-refractivity contribution in [2.75, 3.05) is 25.5 Å². The minimum absolute atomic E-state index is 0.00663. The van der Waals surface area contributed by atoms with Crippen LogP contribution in [-0.4, -0.2) is 30.9 Å². The van der Waals surface area contributed by atoms with Crippen LogP contribution in [0.3, 0.4) is 0 Å². The number of likely N-dealkylation sites (N-methyl/N-ethyl adjacent to an activating group) is 1. The molecule has 3 nitrogen and oxygen atoms in total. The van der Waals surface area contributed by atoms with E-state index >= 15 is 0 Å². The van der Waals surface area contributed by atoms with Crippen LogP contribution in [-0.2, 0) is 4.79 Å². The highest BCUT2D eigenvalue weighted by molar-refractivity contribution is 6.34. The maximum atomic E-state index is 12.2. The average molecular weight is 323 g/mol. The van der Waals surface area contributed by atoms with E-state index in [1.165, 1.54) is 32.1 Å². The SMILES string of the molecule is Cc1cc(C)c(NC(=O)CN(C)CC2CCCCC2)c(Cl)c1. The van der Waals surface area contributed by atoms with Crippen molar-refractivity contribution in [3.63, 3.8) is 0 Å². The summed E-state index contributed by atoms with van der Waals surface area (Å²) in [6, 6.07) is 3.92. The van der Waals surface area contributed by atoms with Gasteiger partial charge in [0.2, 0.25) is 5.91 Å². The van der Waals surface area contributed by atoms with Crippen LogP contribution < -0.4 is 5.32 Å². The Labute approximate surface area is 139 Å². The van der Waals surface area contributed by atoms with Crippen LogP contribution in [0.15, 0.2) is 12.1 Å². The molecule has 0 spiro atoms. The molecule has 0 aliphatic heterocycles. The summed E-state index contributed by atoms with van der Waals surface area (Å²) < 4.78 is 0. The Bertz CT molecular complexity index is 501. The number of benzene rings is 1. The van der Waals surface area contributed by atoms with Gasteiger partial charge in [-0.1, -0.05) is 36.9 Å². The molecule has 22 heavy (non-hydrogen) atoms. The largest absolute Gasteiger partial charge is 0.323 e. The fourth-order valence-corrected chi connectivity index (χ4v) is 3.74. The molecule has 0 bridgehead atoms. The zero-order valence-electron chi connectivity index (χ0n) is 13.9. The van der Waals surface area contributed by atoms with Crippen molar-refractivity contribution in [3.05, 3.63) is 28.3 Å². The van der Waals surface area contributed by atoms with Crippen molar-refractivity contribution < 1.29 is 4.79 Å². The Morgan fingerprint density at radius 1 is 1.27 bits per heavy atom. The summed E-state index contributed by atoms with van der Waals surface area (Å²) in [7, 11) is 2.03. The second-order valence-electron chi connectivity index (χ2n) is 6.69. The third-order valence-electron chi connectivity index (χ3n) is 4.40. The zero-order chi connectivity index (χ0) is 16.1. The standard InChI is InChI=1S/C18H27ClN2O/c1-13-9-14(2)18(16(19)10-13)20-17(22)12-21(3)11-15-7-5-4-6-8-15/h9-10,15H,4-8,11-12H2,1-3H3,(H,20,22). The molecule has 1 aliphatic rings. The van der Waals surface area contributed by atoms with Gasteiger partial charge in [-0.15, -0.1) is 0 Å². The van der Waals surface area contributed by atoms with Crippen molar-refractivity contribution >= 4 is 23.2 Å². The minimum Gasteiger partial charge on any atom is -0.323 e. The predicted molar refractivity (Wildman–Crippen MR) is 93.6 cm³/mol. The molecule has 1 aromatic carbocycles. The van der Waals surface area contributed by atoms with Crippen LogP contribution in [0, 0.1) is 19.8 Å². The van der Waals surface area contributed by atoms with Crippen LogP contribution >= 0.6 is 11.6 Å². The van der Waals surface area contributed by atoms with Gasteiger partial charge in [-0.25, -0.2) is 0 Å². The Hall–Kier alpha value is -1.06. The van der Waals surface area contributed by atoms with E-state index in [2.05, 4.69) is 10.2 Å². The molecule has 0 atom stereocenters. The number of anilines is 1. The van der Waals surface area contributed by atoms with E-state index in [1.54, 1.807) is 0 Å². The van der Waals surface area contributed by atoms with Gasteiger partial charge < -0.3 is 5.32 Å². The number of hydrogen-bond acceptors (Lipinski definition) is 2. The lowest BCUT2D eigenvalue weighted by Crippen LogP contribution is -2.34.